The molecule has 0 radical (unpaired) electrons. The summed E-state index contributed by atoms with van der Waals surface area (Å²) < 4.78 is 5.08. The highest BCUT2D eigenvalue weighted by Gasteiger charge is 2.17. The Morgan fingerprint density at radius 2 is 1.65 bits per heavy atom. The number of benzene rings is 2. The van der Waals surface area contributed by atoms with E-state index in [9.17, 15) is 9.59 Å². The first-order chi connectivity index (χ1) is 12.7. The summed E-state index contributed by atoms with van der Waals surface area (Å²) in [5, 5.41) is 2.84. The fraction of sp³-hybridized carbons (Fsp3) is 0.0952. The van der Waals surface area contributed by atoms with Crippen molar-refractivity contribution in [1.82, 2.24) is 10.3 Å². The molecular formula is C21H18N2O3. The van der Waals surface area contributed by atoms with E-state index in [2.05, 4.69) is 10.3 Å². The van der Waals surface area contributed by atoms with E-state index in [0.29, 0.717) is 29.1 Å². The van der Waals surface area contributed by atoms with E-state index < -0.39 is 0 Å². The van der Waals surface area contributed by atoms with Crippen LogP contribution in [0, 0.1) is 0 Å². The molecule has 0 fully saturated rings. The zero-order chi connectivity index (χ0) is 18.4. The van der Waals surface area contributed by atoms with E-state index in [1.54, 1.807) is 66.9 Å². The second kappa shape index (κ2) is 8.07. The number of amides is 1. The van der Waals surface area contributed by atoms with Crippen molar-refractivity contribution in [3.8, 4) is 5.88 Å². The third-order valence-corrected chi connectivity index (χ3v) is 3.91. The fourth-order valence-electron chi connectivity index (χ4n) is 2.57. The average Bonchev–Trinajstić information content (AvgIpc) is 2.72. The van der Waals surface area contributed by atoms with Gasteiger partial charge < -0.3 is 10.1 Å². The fourth-order valence-corrected chi connectivity index (χ4v) is 2.57. The van der Waals surface area contributed by atoms with Crippen molar-refractivity contribution in [3.05, 3.63) is 95.2 Å². The summed E-state index contributed by atoms with van der Waals surface area (Å²) in [6.45, 7) is 0.311. The first kappa shape index (κ1) is 17.4. The molecule has 5 heteroatoms. The van der Waals surface area contributed by atoms with Crippen molar-refractivity contribution in [1.29, 1.82) is 0 Å². The number of aromatic nitrogens is 1. The van der Waals surface area contributed by atoms with Gasteiger partial charge in [-0.2, -0.15) is 0 Å². The van der Waals surface area contributed by atoms with Crippen LogP contribution in [0.2, 0.25) is 0 Å². The van der Waals surface area contributed by atoms with Gasteiger partial charge in [0.05, 0.1) is 12.7 Å². The van der Waals surface area contributed by atoms with Gasteiger partial charge in [-0.1, -0.05) is 48.5 Å². The molecule has 3 rings (SSSR count). The van der Waals surface area contributed by atoms with Gasteiger partial charge in [0.15, 0.2) is 5.78 Å². The van der Waals surface area contributed by atoms with Crippen LogP contribution in [0.25, 0.3) is 0 Å². The highest BCUT2D eigenvalue weighted by Crippen LogP contribution is 2.15. The monoisotopic (exact) mass is 346 g/mol. The number of ether oxygens (including phenoxy) is 1. The van der Waals surface area contributed by atoms with Crippen molar-refractivity contribution >= 4 is 11.7 Å². The zero-order valence-electron chi connectivity index (χ0n) is 14.3. The number of carbonyl (C=O) groups is 2. The summed E-state index contributed by atoms with van der Waals surface area (Å²) in [6.07, 6.45) is 1.62. The van der Waals surface area contributed by atoms with Gasteiger partial charge >= 0.3 is 0 Å². The van der Waals surface area contributed by atoms with E-state index in [0.717, 1.165) is 5.56 Å². The van der Waals surface area contributed by atoms with Crippen molar-refractivity contribution in [3.63, 3.8) is 0 Å². The number of methoxy groups -OCH3 is 1. The second-order valence-corrected chi connectivity index (χ2v) is 5.63. The molecule has 0 spiro atoms. The van der Waals surface area contributed by atoms with Gasteiger partial charge in [0.2, 0.25) is 5.88 Å². The van der Waals surface area contributed by atoms with Gasteiger partial charge in [0.25, 0.3) is 5.91 Å². The Hall–Kier alpha value is -3.47. The molecule has 0 saturated heterocycles. The largest absolute Gasteiger partial charge is 0.481 e. The molecule has 2 aromatic carbocycles. The van der Waals surface area contributed by atoms with Crippen LogP contribution >= 0.6 is 0 Å². The highest BCUT2D eigenvalue weighted by molar-refractivity contribution is 6.15. The van der Waals surface area contributed by atoms with E-state index in [1.165, 1.54) is 7.11 Å². The first-order valence-corrected chi connectivity index (χ1v) is 8.15. The van der Waals surface area contributed by atoms with Crippen LogP contribution in [0.1, 0.15) is 31.8 Å². The minimum absolute atomic E-state index is 0.179. The minimum atomic E-state index is -0.305. The van der Waals surface area contributed by atoms with Crippen molar-refractivity contribution < 1.29 is 14.3 Å². The molecule has 0 bridgehead atoms. The Balaban J connectivity index is 1.78. The second-order valence-electron chi connectivity index (χ2n) is 5.63. The topological polar surface area (TPSA) is 68.3 Å². The van der Waals surface area contributed by atoms with Crippen LogP contribution in [-0.2, 0) is 6.54 Å². The summed E-state index contributed by atoms with van der Waals surface area (Å²) >= 11 is 0. The third kappa shape index (κ3) is 3.95. The summed E-state index contributed by atoms with van der Waals surface area (Å²) in [6, 6.07) is 19.3. The SMILES string of the molecule is COc1cc(CNC(=O)c2ccccc2C(=O)c2ccccc2)ccn1. The van der Waals surface area contributed by atoms with Crippen LogP contribution < -0.4 is 10.1 Å². The normalized spacial score (nSPS) is 10.2. The maximum absolute atomic E-state index is 12.7. The predicted molar refractivity (Wildman–Crippen MR) is 98.3 cm³/mol. The van der Waals surface area contributed by atoms with Crippen molar-refractivity contribution in [2.75, 3.05) is 7.11 Å². The molecule has 0 saturated carbocycles. The van der Waals surface area contributed by atoms with Crippen LogP contribution in [0.5, 0.6) is 5.88 Å². The Kier molecular flexibility index (Phi) is 5.39. The Morgan fingerprint density at radius 3 is 2.38 bits per heavy atom. The van der Waals surface area contributed by atoms with Crippen molar-refractivity contribution in [2.24, 2.45) is 0 Å². The van der Waals surface area contributed by atoms with Gasteiger partial charge in [0.1, 0.15) is 0 Å². The van der Waals surface area contributed by atoms with E-state index >= 15 is 0 Å². The van der Waals surface area contributed by atoms with Crippen LogP contribution in [-0.4, -0.2) is 23.8 Å². The third-order valence-electron chi connectivity index (χ3n) is 3.91. The molecule has 1 N–H and O–H groups in total. The smallest absolute Gasteiger partial charge is 0.252 e. The molecule has 1 amide bonds. The van der Waals surface area contributed by atoms with Gasteiger partial charge in [-0.3, -0.25) is 9.59 Å². The molecule has 0 atom stereocenters. The maximum Gasteiger partial charge on any atom is 0.252 e. The van der Waals surface area contributed by atoms with Crippen LogP contribution in [0.15, 0.2) is 72.9 Å². The molecule has 130 valence electrons. The van der Waals surface area contributed by atoms with Crippen LogP contribution in [0.4, 0.5) is 0 Å². The lowest BCUT2D eigenvalue weighted by atomic mass is 9.98. The number of carbonyl (C=O) groups excluding carboxylic acids is 2. The van der Waals surface area contributed by atoms with Gasteiger partial charge in [-0.15, -0.1) is 0 Å². The lowest BCUT2D eigenvalue weighted by Crippen LogP contribution is -2.25. The lowest BCUT2D eigenvalue weighted by Gasteiger charge is -2.10. The Labute approximate surface area is 151 Å². The van der Waals surface area contributed by atoms with Gasteiger partial charge in [-0.25, -0.2) is 4.98 Å². The number of rotatable bonds is 6. The van der Waals surface area contributed by atoms with E-state index in [1.807, 2.05) is 6.07 Å². The van der Waals surface area contributed by atoms with Crippen molar-refractivity contribution in [2.45, 2.75) is 6.54 Å². The number of pyridine rings is 1. The standard InChI is InChI=1S/C21H18N2O3/c1-26-19-13-15(11-12-22-19)14-23-21(25)18-10-6-5-9-17(18)20(24)16-7-3-2-4-8-16/h2-13H,14H2,1H3,(H,23,25). The average molecular weight is 346 g/mol. The van der Waals surface area contributed by atoms with Gasteiger partial charge in [0, 0.05) is 29.9 Å². The number of hydrogen-bond donors (Lipinski definition) is 1. The van der Waals surface area contributed by atoms with Crippen LogP contribution in [0.3, 0.4) is 0 Å². The van der Waals surface area contributed by atoms with E-state index in [4.69, 9.17) is 4.74 Å². The summed E-state index contributed by atoms with van der Waals surface area (Å²) in [5.74, 6) is -0.000931. The molecule has 0 aliphatic heterocycles. The summed E-state index contributed by atoms with van der Waals surface area (Å²) in [5.41, 5.74) is 2.13. The Morgan fingerprint density at radius 1 is 0.962 bits per heavy atom. The quantitative estimate of drug-likeness (QED) is 0.696. The first-order valence-electron chi connectivity index (χ1n) is 8.15. The molecular weight excluding hydrogens is 328 g/mol. The maximum atomic E-state index is 12.7. The number of nitrogens with one attached hydrogen (secondary N) is 1. The number of hydrogen-bond acceptors (Lipinski definition) is 4. The summed E-state index contributed by atoms with van der Waals surface area (Å²) in [4.78, 5) is 29.4. The molecule has 0 unspecified atom stereocenters. The van der Waals surface area contributed by atoms with E-state index in [-0.39, 0.29) is 11.7 Å². The molecule has 1 heterocycles. The minimum Gasteiger partial charge on any atom is -0.481 e. The lowest BCUT2D eigenvalue weighted by molar-refractivity contribution is 0.0939. The Bertz CT molecular complexity index is 923. The molecule has 5 nitrogen and oxygen atoms in total. The number of nitrogens with zero attached hydrogens (tertiary/aromatic N) is 1. The highest BCUT2D eigenvalue weighted by atomic mass is 16.5. The van der Waals surface area contributed by atoms with Gasteiger partial charge in [-0.05, 0) is 17.7 Å². The molecule has 26 heavy (non-hydrogen) atoms. The predicted octanol–water partition coefficient (Wildman–Crippen LogP) is 3.25. The summed E-state index contributed by atoms with van der Waals surface area (Å²) in [7, 11) is 1.54. The molecule has 0 aliphatic carbocycles. The number of ketones is 1. The zero-order valence-corrected chi connectivity index (χ0v) is 14.3. The molecule has 0 aliphatic rings. The molecule has 1 aromatic heterocycles. The molecule has 3 aromatic rings.